The Morgan fingerprint density at radius 2 is 1.65 bits per heavy atom. The average molecular weight is 318 g/mol. The van der Waals surface area contributed by atoms with Gasteiger partial charge in [0.2, 0.25) is 0 Å². The first-order valence-electron chi connectivity index (χ1n) is 9.19. The van der Waals surface area contributed by atoms with Gasteiger partial charge in [-0.05, 0) is 12.5 Å². The predicted molar refractivity (Wildman–Crippen MR) is 92.8 cm³/mol. The lowest BCUT2D eigenvalue weighted by atomic mass is 10.1. The summed E-state index contributed by atoms with van der Waals surface area (Å²) >= 11 is 0. The minimum Gasteiger partial charge on any atom is -0.493 e. The topological polar surface area (TPSA) is 38.8 Å². The normalized spacial score (nSPS) is 19.5. The van der Waals surface area contributed by atoms with Crippen molar-refractivity contribution in [3.8, 4) is 5.75 Å². The summed E-state index contributed by atoms with van der Waals surface area (Å²) in [5.41, 5.74) is 1.00. The molecule has 2 unspecified atom stereocenters. The molecule has 1 aromatic carbocycles. The molecule has 2 atom stereocenters. The number of para-hydroxylation sites is 1. The number of aldehydes is 1. The Balaban J connectivity index is 1.56. The summed E-state index contributed by atoms with van der Waals surface area (Å²) in [6.07, 6.45) is 12.3. The van der Waals surface area contributed by atoms with Gasteiger partial charge in [-0.25, -0.2) is 0 Å². The van der Waals surface area contributed by atoms with Crippen molar-refractivity contribution in [2.45, 2.75) is 76.9 Å². The number of carbonyl (C=O) groups excluding carboxylic acids is 1. The first-order chi connectivity index (χ1) is 11.4. The molecular weight excluding hydrogens is 288 g/mol. The van der Waals surface area contributed by atoms with Gasteiger partial charge in [0.25, 0.3) is 0 Å². The van der Waals surface area contributed by atoms with Crippen LogP contribution in [0.1, 0.15) is 76.4 Å². The molecule has 0 saturated carbocycles. The number of hydrogen-bond donors (Lipinski definition) is 0. The van der Waals surface area contributed by atoms with Crippen molar-refractivity contribution < 1.29 is 14.3 Å². The molecular formula is C20H30O3. The Morgan fingerprint density at radius 3 is 2.30 bits per heavy atom. The summed E-state index contributed by atoms with van der Waals surface area (Å²) < 4.78 is 11.2. The Bertz CT molecular complexity index is 458. The molecule has 1 fully saturated rings. The van der Waals surface area contributed by atoms with Gasteiger partial charge in [0.1, 0.15) is 18.0 Å². The SMILES string of the molecule is CCCCCCCCCCCOc1ccccc1C1OC1C=O. The standard InChI is InChI=1S/C20H30O3/c1-2-3-4-5-6-7-8-9-12-15-22-18-14-11-10-13-17(18)20-19(16-21)23-20/h10-11,13-14,16,19-20H,2-9,12,15H2,1H3. The van der Waals surface area contributed by atoms with E-state index in [0.717, 1.165) is 30.6 Å². The average Bonchev–Trinajstić information content (AvgIpc) is 3.36. The molecule has 2 rings (SSSR count). The van der Waals surface area contributed by atoms with E-state index in [0.29, 0.717) is 0 Å². The second-order valence-electron chi connectivity index (χ2n) is 6.37. The van der Waals surface area contributed by atoms with Crippen LogP contribution in [0.25, 0.3) is 0 Å². The van der Waals surface area contributed by atoms with Crippen molar-refractivity contribution in [2.24, 2.45) is 0 Å². The smallest absolute Gasteiger partial charge is 0.151 e. The van der Waals surface area contributed by atoms with Crippen molar-refractivity contribution in [1.29, 1.82) is 0 Å². The highest BCUT2D eigenvalue weighted by Gasteiger charge is 2.41. The molecule has 1 heterocycles. The molecule has 0 aromatic heterocycles. The second kappa shape index (κ2) is 10.4. The first kappa shape index (κ1) is 18.0. The maximum Gasteiger partial charge on any atom is 0.151 e. The summed E-state index contributed by atoms with van der Waals surface area (Å²) in [6.45, 7) is 3.00. The van der Waals surface area contributed by atoms with Crippen LogP contribution in [0.5, 0.6) is 5.75 Å². The van der Waals surface area contributed by atoms with Crippen LogP contribution in [-0.2, 0) is 9.53 Å². The molecule has 1 saturated heterocycles. The monoisotopic (exact) mass is 318 g/mol. The number of hydrogen-bond acceptors (Lipinski definition) is 3. The van der Waals surface area contributed by atoms with Gasteiger partial charge >= 0.3 is 0 Å². The number of ether oxygens (including phenoxy) is 2. The fourth-order valence-corrected chi connectivity index (χ4v) is 2.92. The third-order valence-electron chi connectivity index (χ3n) is 4.39. The van der Waals surface area contributed by atoms with Crippen molar-refractivity contribution in [3.63, 3.8) is 0 Å². The van der Waals surface area contributed by atoms with Crippen molar-refractivity contribution in [2.75, 3.05) is 6.61 Å². The lowest BCUT2D eigenvalue weighted by Gasteiger charge is -2.10. The molecule has 3 heteroatoms. The van der Waals surface area contributed by atoms with E-state index >= 15 is 0 Å². The van der Waals surface area contributed by atoms with Crippen molar-refractivity contribution in [1.82, 2.24) is 0 Å². The molecule has 23 heavy (non-hydrogen) atoms. The van der Waals surface area contributed by atoms with Crippen molar-refractivity contribution in [3.05, 3.63) is 29.8 Å². The van der Waals surface area contributed by atoms with E-state index in [1.54, 1.807) is 0 Å². The third kappa shape index (κ3) is 6.34. The van der Waals surface area contributed by atoms with Gasteiger partial charge in [-0.15, -0.1) is 0 Å². The van der Waals surface area contributed by atoms with Gasteiger partial charge in [0, 0.05) is 5.56 Å². The highest BCUT2D eigenvalue weighted by molar-refractivity contribution is 5.62. The zero-order valence-corrected chi connectivity index (χ0v) is 14.3. The summed E-state index contributed by atoms with van der Waals surface area (Å²) in [7, 11) is 0. The van der Waals surface area contributed by atoms with Gasteiger partial charge in [-0.3, -0.25) is 0 Å². The maximum absolute atomic E-state index is 10.7. The molecule has 0 amide bonds. The van der Waals surface area contributed by atoms with Crippen LogP contribution in [-0.4, -0.2) is 19.0 Å². The largest absolute Gasteiger partial charge is 0.493 e. The Labute approximate surface area is 140 Å². The number of benzene rings is 1. The van der Waals surface area contributed by atoms with Crippen LogP contribution in [0.4, 0.5) is 0 Å². The number of carbonyl (C=O) groups is 1. The third-order valence-corrected chi connectivity index (χ3v) is 4.39. The second-order valence-corrected chi connectivity index (χ2v) is 6.37. The van der Waals surface area contributed by atoms with E-state index < -0.39 is 0 Å². The van der Waals surface area contributed by atoms with Gasteiger partial charge < -0.3 is 14.3 Å². The zero-order valence-electron chi connectivity index (χ0n) is 14.3. The maximum atomic E-state index is 10.7. The first-order valence-corrected chi connectivity index (χ1v) is 9.19. The summed E-state index contributed by atoms with van der Waals surface area (Å²) in [6, 6.07) is 7.88. The Hall–Kier alpha value is -1.35. The predicted octanol–water partition coefficient (Wildman–Crippen LogP) is 5.24. The zero-order chi connectivity index (χ0) is 16.3. The number of epoxide rings is 1. The van der Waals surface area contributed by atoms with Crippen LogP contribution in [0, 0.1) is 0 Å². The molecule has 1 aliphatic heterocycles. The Kier molecular flexibility index (Phi) is 8.16. The number of rotatable bonds is 13. The fraction of sp³-hybridized carbons (Fsp3) is 0.650. The highest BCUT2D eigenvalue weighted by atomic mass is 16.6. The molecule has 128 valence electrons. The summed E-state index contributed by atoms with van der Waals surface area (Å²) in [5.74, 6) is 0.862. The highest BCUT2D eigenvalue weighted by Crippen LogP contribution is 2.41. The quantitative estimate of drug-likeness (QED) is 0.284. The van der Waals surface area contributed by atoms with Gasteiger partial charge in [0.05, 0.1) is 6.61 Å². The molecule has 0 bridgehead atoms. The van der Waals surface area contributed by atoms with Crippen LogP contribution in [0.15, 0.2) is 24.3 Å². The lowest BCUT2D eigenvalue weighted by molar-refractivity contribution is -0.108. The molecule has 0 radical (unpaired) electrons. The molecule has 0 aliphatic carbocycles. The van der Waals surface area contributed by atoms with Crippen LogP contribution in [0.3, 0.4) is 0 Å². The van der Waals surface area contributed by atoms with E-state index in [2.05, 4.69) is 6.92 Å². The van der Waals surface area contributed by atoms with Crippen LogP contribution in [0.2, 0.25) is 0 Å². The minimum atomic E-state index is -0.285. The molecule has 1 aromatic rings. The van der Waals surface area contributed by atoms with Gasteiger partial charge in [0.15, 0.2) is 6.29 Å². The van der Waals surface area contributed by atoms with E-state index in [4.69, 9.17) is 9.47 Å². The molecule has 3 nitrogen and oxygen atoms in total. The van der Waals surface area contributed by atoms with E-state index in [1.165, 1.54) is 51.4 Å². The van der Waals surface area contributed by atoms with E-state index in [1.807, 2.05) is 24.3 Å². The fourth-order valence-electron chi connectivity index (χ4n) is 2.92. The molecule has 1 aliphatic rings. The Morgan fingerprint density at radius 1 is 1.00 bits per heavy atom. The summed E-state index contributed by atoms with van der Waals surface area (Å²) in [4.78, 5) is 10.7. The summed E-state index contributed by atoms with van der Waals surface area (Å²) in [5, 5.41) is 0. The van der Waals surface area contributed by atoms with Crippen LogP contribution < -0.4 is 4.74 Å². The van der Waals surface area contributed by atoms with Crippen LogP contribution >= 0.6 is 0 Å². The molecule has 0 spiro atoms. The number of unbranched alkanes of at least 4 members (excludes halogenated alkanes) is 8. The van der Waals surface area contributed by atoms with Crippen molar-refractivity contribution >= 4 is 6.29 Å². The van der Waals surface area contributed by atoms with Gasteiger partial charge in [-0.2, -0.15) is 0 Å². The van der Waals surface area contributed by atoms with Gasteiger partial charge in [-0.1, -0.05) is 76.5 Å². The van der Waals surface area contributed by atoms with E-state index in [-0.39, 0.29) is 12.2 Å². The lowest BCUT2D eigenvalue weighted by Crippen LogP contribution is -2.01. The van der Waals surface area contributed by atoms with E-state index in [9.17, 15) is 4.79 Å². The molecule has 0 N–H and O–H groups in total. The minimum absolute atomic E-state index is 0.105.